The van der Waals surface area contributed by atoms with Crippen molar-refractivity contribution in [1.82, 2.24) is 9.88 Å². The Morgan fingerprint density at radius 3 is 2.77 bits per heavy atom. The highest BCUT2D eigenvalue weighted by atomic mass is 32.1. The van der Waals surface area contributed by atoms with Gasteiger partial charge in [0.05, 0.1) is 25.5 Å². The van der Waals surface area contributed by atoms with Crippen LogP contribution in [0.5, 0.6) is 5.75 Å². The van der Waals surface area contributed by atoms with Crippen molar-refractivity contribution in [3.8, 4) is 16.3 Å². The van der Waals surface area contributed by atoms with Gasteiger partial charge in [0.2, 0.25) is 0 Å². The SMILES string of the molecule is CCOc1ccc(-c2nc(C)c(C(=O)N3CCOC[C@@H]3C(=O)O)s2)cc1. The smallest absolute Gasteiger partial charge is 0.328 e. The minimum absolute atomic E-state index is 0.00464. The topological polar surface area (TPSA) is 89.0 Å². The molecular formula is C18H20N2O5S. The average Bonchev–Trinajstić information content (AvgIpc) is 3.03. The number of aryl methyl sites for hydroxylation is 1. The number of aromatic nitrogens is 1. The van der Waals surface area contributed by atoms with Gasteiger partial charge in [0, 0.05) is 12.1 Å². The molecule has 26 heavy (non-hydrogen) atoms. The van der Waals surface area contributed by atoms with Crippen LogP contribution < -0.4 is 4.74 Å². The van der Waals surface area contributed by atoms with E-state index in [1.165, 1.54) is 16.2 Å². The minimum atomic E-state index is -1.06. The Kier molecular flexibility index (Phi) is 5.53. The number of hydrogen-bond donors (Lipinski definition) is 1. The summed E-state index contributed by atoms with van der Waals surface area (Å²) < 4.78 is 10.6. The number of rotatable bonds is 5. The van der Waals surface area contributed by atoms with Crippen LogP contribution in [0.4, 0.5) is 0 Å². The van der Waals surface area contributed by atoms with Crippen molar-refractivity contribution in [2.45, 2.75) is 19.9 Å². The average molecular weight is 376 g/mol. The van der Waals surface area contributed by atoms with E-state index in [-0.39, 0.29) is 19.1 Å². The summed E-state index contributed by atoms with van der Waals surface area (Å²) in [6.07, 6.45) is 0. The van der Waals surface area contributed by atoms with E-state index in [2.05, 4.69) is 4.98 Å². The maximum Gasteiger partial charge on any atom is 0.328 e. The number of hydrogen-bond acceptors (Lipinski definition) is 6. The molecule has 1 atom stereocenters. The summed E-state index contributed by atoms with van der Waals surface area (Å²) in [5.41, 5.74) is 1.48. The highest BCUT2D eigenvalue weighted by Gasteiger charge is 2.34. The van der Waals surface area contributed by atoms with Crippen molar-refractivity contribution in [3.05, 3.63) is 34.8 Å². The van der Waals surface area contributed by atoms with Crippen LogP contribution in [0.25, 0.3) is 10.6 Å². The highest BCUT2D eigenvalue weighted by Crippen LogP contribution is 2.30. The van der Waals surface area contributed by atoms with E-state index >= 15 is 0 Å². The fourth-order valence-electron chi connectivity index (χ4n) is 2.76. The van der Waals surface area contributed by atoms with Crippen LogP contribution in [0.1, 0.15) is 22.3 Å². The number of ether oxygens (including phenoxy) is 2. The summed E-state index contributed by atoms with van der Waals surface area (Å²) in [5.74, 6) is -0.599. The van der Waals surface area contributed by atoms with Crippen LogP contribution in [-0.4, -0.2) is 59.3 Å². The monoisotopic (exact) mass is 376 g/mol. The first-order chi connectivity index (χ1) is 12.5. The Balaban J connectivity index is 1.85. The zero-order valence-electron chi connectivity index (χ0n) is 14.6. The third kappa shape index (κ3) is 3.71. The molecular weight excluding hydrogens is 356 g/mol. The second-order valence-corrected chi connectivity index (χ2v) is 6.82. The maximum absolute atomic E-state index is 12.9. The molecule has 2 aromatic rings. The molecule has 0 saturated carbocycles. The number of aliphatic carboxylic acids is 1. The van der Waals surface area contributed by atoms with Crippen molar-refractivity contribution in [1.29, 1.82) is 0 Å². The van der Waals surface area contributed by atoms with Gasteiger partial charge in [-0.25, -0.2) is 9.78 Å². The van der Waals surface area contributed by atoms with Gasteiger partial charge in [-0.1, -0.05) is 0 Å². The Bertz CT molecular complexity index is 802. The van der Waals surface area contributed by atoms with Gasteiger partial charge in [0.1, 0.15) is 15.6 Å². The van der Waals surface area contributed by atoms with Gasteiger partial charge in [0.15, 0.2) is 6.04 Å². The Morgan fingerprint density at radius 1 is 1.38 bits per heavy atom. The number of nitrogens with zero attached hydrogens (tertiary/aromatic N) is 2. The largest absolute Gasteiger partial charge is 0.494 e. The molecule has 0 unspecified atom stereocenters. The summed E-state index contributed by atoms with van der Waals surface area (Å²) in [6.45, 7) is 4.87. The molecule has 1 aromatic heterocycles. The van der Waals surface area contributed by atoms with E-state index in [0.29, 0.717) is 28.8 Å². The number of morpholine rings is 1. The lowest BCUT2D eigenvalue weighted by atomic mass is 10.2. The van der Waals surface area contributed by atoms with Gasteiger partial charge in [-0.2, -0.15) is 0 Å². The zero-order valence-corrected chi connectivity index (χ0v) is 15.4. The quantitative estimate of drug-likeness (QED) is 0.862. The van der Waals surface area contributed by atoms with Crippen LogP contribution in [0.15, 0.2) is 24.3 Å². The summed E-state index contributed by atoms with van der Waals surface area (Å²) in [4.78, 5) is 30.6. The molecule has 1 saturated heterocycles. The first-order valence-corrected chi connectivity index (χ1v) is 9.15. The van der Waals surface area contributed by atoms with Crippen molar-refractivity contribution in [3.63, 3.8) is 0 Å². The number of carbonyl (C=O) groups is 2. The molecule has 0 aliphatic carbocycles. The van der Waals surface area contributed by atoms with Crippen LogP contribution in [0.3, 0.4) is 0 Å². The third-order valence-corrected chi connectivity index (χ3v) is 5.27. The third-order valence-electron chi connectivity index (χ3n) is 4.08. The lowest BCUT2D eigenvalue weighted by molar-refractivity contribution is -0.147. The molecule has 2 heterocycles. The second-order valence-electron chi connectivity index (χ2n) is 5.82. The Labute approximate surface area is 155 Å². The minimum Gasteiger partial charge on any atom is -0.494 e. The number of benzene rings is 1. The Morgan fingerprint density at radius 2 is 2.12 bits per heavy atom. The van der Waals surface area contributed by atoms with E-state index in [9.17, 15) is 14.7 Å². The van der Waals surface area contributed by atoms with E-state index in [1.807, 2.05) is 31.2 Å². The first-order valence-electron chi connectivity index (χ1n) is 8.33. The lowest BCUT2D eigenvalue weighted by Crippen LogP contribution is -2.52. The summed E-state index contributed by atoms with van der Waals surface area (Å²) in [7, 11) is 0. The number of carboxylic acid groups (broad SMARTS) is 1. The molecule has 0 radical (unpaired) electrons. The van der Waals surface area contributed by atoms with Gasteiger partial charge in [-0.05, 0) is 38.1 Å². The van der Waals surface area contributed by atoms with Crippen LogP contribution in [0.2, 0.25) is 0 Å². The van der Waals surface area contributed by atoms with Gasteiger partial charge < -0.3 is 19.5 Å². The van der Waals surface area contributed by atoms with Crippen LogP contribution in [0, 0.1) is 6.92 Å². The van der Waals surface area contributed by atoms with E-state index < -0.39 is 12.0 Å². The van der Waals surface area contributed by atoms with Gasteiger partial charge in [-0.15, -0.1) is 11.3 Å². The predicted molar refractivity (Wildman–Crippen MR) is 96.7 cm³/mol. The first kappa shape index (κ1) is 18.3. The molecule has 1 N–H and O–H groups in total. The molecule has 8 heteroatoms. The van der Waals surface area contributed by atoms with Crippen LogP contribution >= 0.6 is 11.3 Å². The maximum atomic E-state index is 12.9. The fourth-order valence-corrected chi connectivity index (χ4v) is 3.79. The number of carboxylic acids is 1. The standard InChI is InChI=1S/C18H20N2O5S/c1-3-25-13-6-4-12(5-7-13)16-19-11(2)15(26-16)17(21)20-8-9-24-10-14(20)18(22)23/h4-7,14H,3,8-10H2,1-2H3,(H,22,23)/t14-/m1/s1. The lowest BCUT2D eigenvalue weighted by Gasteiger charge is -2.32. The molecule has 138 valence electrons. The summed E-state index contributed by atoms with van der Waals surface area (Å²) in [6, 6.07) is 6.55. The molecule has 3 rings (SSSR count). The molecule has 1 amide bonds. The molecule has 1 aromatic carbocycles. The van der Waals surface area contributed by atoms with Crippen molar-refractivity contribution < 1.29 is 24.2 Å². The normalized spacial score (nSPS) is 17.2. The number of carbonyl (C=O) groups excluding carboxylic acids is 1. The molecule has 1 fully saturated rings. The van der Waals surface area contributed by atoms with E-state index in [0.717, 1.165) is 11.3 Å². The van der Waals surface area contributed by atoms with Gasteiger partial charge in [0.25, 0.3) is 5.91 Å². The van der Waals surface area contributed by atoms with E-state index in [1.54, 1.807) is 6.92 Å². The molecule has 1 aliphatic heterocycles. The number of thiazole rings is 1. The number of amides is 1. The Hall–Kier alpha value is -2.45. The molecule has 0 bridgehead atoms. The fraction of sp³-hybridized carbons (Fsp3) is 0.389. The second kappa shape index (κ2) is 7.84. The van der Waals surface area contributed by atoms with Crippen LogP contribution in [-0.2, 0) is 9.53 Å². The molecule has 7 nitrogen and oxygen atoms in total. The zero-order chi connectivity index (χ0) is 18.7. The summed E-state index contributed by atoms with van der Waals surface area (Å²) >= 11 is 1.27. The molecule has 1 aliphatic rings. The van der Waals surface area contributed by atoms with E-state index in [4.69, 9.17) is 9.47 Å². The van der Waals surface area contributed by atoms with Gasteiger partial charge in [-0.3, -0.25) is 4.79 Å². The summed E-state index contributed by atoms with van der Waals surface area (Å²) in [5, 5.41) is 10.0. The van der Waals surface area contributed by atoms with Gasteiger partial charge >= 0.3 is 5.97 Å². The van der Waals surface area contributed by atoms with Crippen molar-refractivity contribution in [2.75, 3.05) is 26.4 Å². The molecule has 0 spiro atoms. The van der Waals surface area contributed by atoms with Crippen molar-refractivity contribution in [2.24, 2.45) is 0 Å². The highest BCUT2D eigenvalue weighted by molar-refractivity contribution is 7.17. The van der Waals surface area contributed by atoms with Crippen molar-refractivity contribution >= 4 is 23.2 Å². The predicted octanol–water partition coefficient (Wildman–Crippen LogP) is 2.44.